The van der Waals surface area contributed by atoms with Crippen LogP contribution in [0.25, 0.3) is 6.08 Å². The third kappa shape index (κ3) is 5.91. The lowest BCUT2D eigenvalue weighted by atomic mass is 10.0. The van der Waals surface area contributed by atoms with Crippen molar-refractivity contribution in [3.8, 4) is 11.5 Å². The van der Waals surface area contributed by atoms with Gasteiger partial charge in [-0.25, -0.2) is 9.69 Å². The number of hydrogen-bond acceptors (Lipinski definition) is 4. The summed E-state index contributed by atoms with van der Waals surface area (Å²) in [5.41, 5.74) is 3.13. The topological polar surface area (TPSA) is 67.9 Å². The van der Waals surface area contributed by atoms with Crippen molar-refractivity contribution in [3.63, 3.8) is 0 Å². The molecule has 3 aromatic rings. The summed E-state index contributed by atoms with van der Waals surface area (Å²) in [4.78, 5) is 26.7. The molecule has 6 nitrogen and oxygen atoms in total. The van der Waals surface area contributed by atoms with Crippen LogP contribution in [0.5, 0.6) is 11.5 Å². The Morgan fingerprint density at radius 1 is 1.08 bits per heavy atom. The van der Waals surface area contributed by atoms with Crippen molar-refractivity contribution in [2.45, 2.75) is 20.0 Å². The molecule has 1 fully saturated rings. The monoisotopic (exact) mass is 614 g/mol. The number of allylic oxidation sites excluding steroid dienone is 1. The van der Waals surface area contributed by atoms with Gasteiger partial charge in [0, 0.05) is 14.2 Å². The molecule has 0 radical (unpaired) electrons. The first-order valence-electron chi connectivity index (χ1n) is 11.3. The average molecular weight is 615 g/mol. The number of carbonyl (C=O) groups is 2. The van der Waals surface area contributed by atoms with E-state index >= 15 is 0 Å². The van der Waals surface area contributed by atoms with Crippen molar-refractivity contribution < 1.29 is 19.1 Å². The molecule has 1 N–H and O–H groups in total. The van der Waals surface area contributed by atoms with Crippen molar-refractivity contribution in [1.29, 1.82) is 0 Å². The number of amides is 3. The molecule has 0 aliphatic carbocycles. The quantitative estimate of drug-likeness (QED) is 0.125. The Morgan fingerprint density at radius 2 is 1.86 bits per heavy atom. The summed E-state index contributed by atoms with van der Waals surface area (Å²) in [5, 5.41) is 3.08. The second-order valence-electron chi connectivity index (χ2n) is 7.96. The van der Waals surface area contributed by atoms with Gasteiger partial charge in [-0.2, -0.15) is 0 Å². The molecular weight excluding hydrogens is 591 g/mol. The third-order valence-corrected chi connectivity index (χ3v) is 6.32. The molecule has 1 heterocycles. The normalized spacial score (nSPS) is 14.2. The van der Waals surface area contributed by atoms with Gasteiger partial charge in [0.1, 0.15) is 12.3 Å². The summed E-state index contributed by atoms with van der Waals surface area (Å²) in [5.74, 6) is 0.710. The number of nitrogens with zero attached hydrogens (tertiary/aromatic N) is 1. The molecule has 0 atom stereocenters. The van der Waals surface area contributed by atoms with Gasteiger partial charge in [-0.1, -0.05) is 35.9 Å². The fourth-order valence-corrected chi connectivity index (χ4v) is 4.33. The highest BCUT2D eigenvalue weighted by Crippen LogP contribution is 2.36. The number of urea groups is 1. The highest BCUT2D eigenvalue weighted by molar-refractivity contribution is 14.1. The van der Waals surface area contributed by atoms with E-state index in [2.05, 4.69) is 34.5 Å². The second-order valence-corrected chi connectivity index (χ2v) is 9.64. The van der Waals surface area contributed by atoms with Crippen LogP contribution in [0.15, 0.2) is 79.0 Å². The predicted octanol–water partition coefficient (Wildman–Crippen LogP) is 6.75. The molecule has 1 aliphatic rings. The third-order valence-electron chi connectivity index (χ3n) is 5.37. The Hall–Kier alpha value is -3.30. The molecule has 3 amide bonds. The van der Waals surface area contributed by atoms with Gasteiger partial charge in [-0.3, -0.25) is 4.79 Å². The SMILES string of the molecule is C=CCc1cc(/C=C2/NC(=O)N(c3cccc(Cl)c3)C2=O)cc(OCC)c1OCc1ccc(I)cc1. The minimum Gasteiger partial charge on any atom is -0.490 e. The lowest BCUT2D eigenvalue weighted by Gasteiger charge is -2.17. The molecule has 8 heteroatoms. The van der Waals surface area contributed by atoms with Gasteiger partial charge in [0.25, 0.3) is 5.91 Å². The van der Waals surface area contributed by atoms with Gasteiger partial charge in [0.05, 0.1) is 12.3 Å². The number of benzene rings is 3. The van der Waals surface area contributed by atoms with Crippen molar-refractivity contribution in [2.75, 3.05) is 11.5 Å². The van der Waals surface area contributed by atoms with E-state index in [-0.39, 0.29) is 5.70 Å². The largest absolute Gasteiger partial charge is 0.490 e. The molecule has 0 unspecified atom stereocenters. The van der Waals surface area contributed by atoms with Crippen LogP contribution in [0.3, 0.4) is 0 Å². The fraction of sp³-hybridized carbons (Fsp3) is 0.143. The van der Waals surface area contributed by atoms with E-state index in [0.29, 0.717) is 47.4 Å². The van der Waals surface area contributed by atoms with Crippen LogP contribution < -0.4 is 19.7 Å². The van der Waals surface area contributed by atoms with Crippen LogP contribution in [-0.2, 0) is 17.8 Å². The number of imide groups is 1. The Morgan fingerprint density at radius 3 is 2.56 bits per heavy atom. The summed E-state index contributed by atoms with van der Waals surface area (Å²) in [6, 6.07) is 17.9. The molecule has 0 aromatic heterocycles. The van der Waals surface area contributed by atoms with Crippen LogP contribution in [0.4, 0.5) is 10.5 Å². The molecular formula is C28H24ClIN2O4. The van der Waals surface area contributed by atoms with E-state index in [1.54, 1.807) is 42.5 Å². The molecule has 0 spiro atoms. The van der Waals surface area contributed by atoms with Crippen molar-refractivity contribution in [3.05, 3.63) is 104 Å². The van der Waals surface area contributed by atoms with Crippen molar-refractivity contribution in [1.82, 2.24) is 5.32 Å². The minimum atomic E-state index is -0.540. The van der Waals surface area contributed by atoms with E-state index in [9.17, 15) is 9.59 Å². The molecule has 0 saturated carbocycles. The van der Waals surface area contributed by atoms with E-state index in [1.807, 2.05) is 37.3 Å². The zero-order valence-corrected chi connectivity index (χ0v) is 22.5. The smallest absolute Gasteiger partial charge is 0.333 e. The number of halogens is 2. The number of anilines is 1. The Balaban J connectivity index is 1.66. The average Bonchev–Trinajstić information content (AvgIpc) is 3.12. The first-order valence-corrected chi connectivity index (χ1v) is 12.8. The molecule has 36 heavy (non-hydrogen) atoms. The number of ether oxygens (including phenoxy) is 2. The number of nitrogens with one attached hydrogen (secondary N) is 1. The Bertz CT molecular complexity index is 1340. The number of carbonyl (C=O) groups excluding carboxylic acids is 2. The minimum absolute atomic E-state index is 0.152. The summed E-state index contributed by atoms with van der Waals surface area (Å²) >= 11 is 8.31. The van der Waals surface area contributed by atoms with E-state index in [1.165, 1.54) is 0 Å². The molecule has 4 rings (SSSR count). The highest BCUT2D eigenvalue weighted by Gasteiger charge is 2.35. The Kier molecular flexibility index (Phi) is 8.32. The van der Waals surface area contributed by atoms with Crippen LogP contribution in [0.1, 0.15) is 23.6 Å². The summed E-state index contributed by atoms with van der Waals surface area (Å²) in [6.45, 7) is 6.57. The number of hydrogen-bond donors (Lipinski definition) is 1. The predicted molar refractivity (Wildman–Crippen MR) is 150 cm³/mol. The highest BCUT2D eigenvalue weighted by atomic mass is 127. The van der Waals surface area contributed by atoms with Gasteiger partial charge in [0.15, 0.2) is 11.5 Å². The molecule has 3 aromatic carbocycles. The molecule has 0 bridgehead atoms. The van der Waals surface area contributed by atoms with Gasteiger partial charge < -0.3 is 14.8 Å². The molecule has 1 aliphatic heterocycles. The second kappa shape index (κ2) is 11.6. The van der Waals surface area contributed by atoms with Crippen LogP contribution in [-0.4, -0.2) is 18.5 Å². The maximum Gasteiger partial charge on any atom is 0.333 e. The van der Waals surface area contributed by atoms with Crippen molar-refractivity contribution in [2.24, 2.45) is 0 Å². The summed E-state index contributed by atoms with van der Waals surface area (Å²) < 4.78 is 13.2. The van der Waals surface area contributed by atoms with Gasteiger partial charge in [-0.05, 0) is 95.6 Å². The van der Waals surface area contributed by atoms with E-state index < -0.39 is 11.9 Å². The van der Waals surface area contributed by atoms with Crippen molar-refractivity contribution >= 4 is 57.9 Å². The standard InChI is InChI=1S/C28H24ClIN2O4/c1-3-6-20-13-19(14-24-27(33)32(28(34)31-24)23-8-5-7-21(29)16-23)15-25(35-4-2)26(20)36-17-18-9-11-22(30)12-10-18/h3,5,7-16H,1,4,6,17H2,2H3,(H,31,34)/b24-14+. The summed E-state index contributed by atoms with van der Waals surface area (Å²) in [7, 11) is 0. The van der Waals surface area contributed by atoms with Crippen LogP contribution >= 0.6 is 34.2 Å². The first-order chi connectivity index (χ1) is 17.4. The molecule has 184 valence electrons. The molecule has 1 saturated heterocycles. The Labute approximate surface area is 228 Å². The number of rotatable bonds is 9. The van der Waals surface area contributed by atoms with Crippen LogP contribution in [0, 0.1) is 3.57 Å². The van der Waals surface area contributed by atoms with E-state index in [4.69, 9.17) is 21.1 Å². The zero-order chi connectivity index (χ0) is 25.7. The lowest BCUT2D eigenvalue weighted by Crippen LogP contribution is -2.30. The van der Waals surface area contributed by atoms with Gasteiger partial charge in [-0.15, -0.1) is 6.58 Å². The fourth-order valence-electron chi connectivity index (χ4n) is 3.79. The van der Waals surface area contributed by atoms with Gasteiger partial charge >= 0.3 is 6.03 Å². The maximum absolute atomic E-state index is 13.1. The first kappa shape index (κ1) is 25.8. The van der Waals surface area contributed by atoms with E-state index in [0.717, 1.165) is 19.6 Å². The zero-order valence-electron chi connectivity index (χ0n) is 19.6. The van der Waals surface area contributed by atoms with Crippen LogP contribution in [0.2, 0.25) is 5.02 Å². The summed E-state index contributed by atoms with van der Waals surface area (Å²) in [6.07, 6.45) is 3.94. The maximum atomic E-state index is 13.1. The van der Waals surface area contributed by atoms with Gasteiger partial charge in [0.2, 0.25) is 0 Å². The lowest BCUT2D eigenvalue weighted by molar-refractivity contribution is -0.113.